The van der Waals surface area contributed by atoms with Crippen LogP contribution in [0.4, 0.5) is 20.2 Å². The van der Waals surface area contributed by atoms with Crippen LogP contribution in [-0.2, 0) is 9.59 Å². The Morgan fingerprint density at radius 1 is 0.852 bits per heavy atom. The Morgan fingerprint density at radius 2 is 1.63 bits per heavy atom. The second-order valence-corrected chi connectivity index (χ2v) is 6.73. The normalized spacial score (nSPS) is 14.2. The number of amides is 2. The van der Waals surface area contributed by atoms with Crippen molar-refractivity contribution in [2.45, 2.75) is 0 Å². The molecule has 0 unspecified atom stereocenters. The van der Waals surface area contributed by atoms with Gasteiger partial charge >= 0.3 is 0 Å². The van der Waals surface area contributed by atoms with Gasteiger partial charge in [0.25, 0.3) is 11.8 Å². The molecule has 4 rings (SSSR count). The molecule has 3 aromatic rings. The number of benzene rings is 2. The van der Waals surface area contributed by atoms with Crippen molar-refractivity contribution in [3.8, 4) is 0 Å². The van der Waals surface area contributed by atoms with E-state index in [4.69, 9.17) is 0 Å². The van der Waals surface area contributed by atoms with E-state index < -0.39 is 23.4 Å². The predicted molar refractivity (Wildman–Crippen MR) is 100 cm³/mol. The largest absolute Gasteiger partial charge is 0.350 e. The van der Waals surface area contributed by atoms with Gasteiger partial charge in [-0.3, -0.25) is 9.59 Å². The molecule has 0 atom stereocenters. The van der Waals surface area contributed by atoms with Gasteiger partial charge in [0.05, 0.1) is 11.3 Å². The Kier molecular flexibility index (Phi) is 4.29. The number of hydrogen-bond acceptors (Lipinski definition) is 4. The van der Waals surface area contributed by atoms with E-state index >= 15 is 0 Å². The minimum Gasteiger partial charge on any atom is -0.350 e. The number of anilines is 2. The number of nitrogens with one attached hydrogen (secondary N) is 1. The van der Waals surface area contributed by atoms with E-state index in [0.29, 0.717) is 10.6 Å². The van der Waals surface area contributed by atoms with Crippen LogP contribution in [0.1, 0.15) is 4.88 Å². The first-order chi connectivity index (χ1) is 13.0. The van der Waals surface area contributed by atoms with Crippen molar-refractivity contribution >= 4 is 40.1 Å². The van der Waals surface area contributed by atoms with Crippen molar-refractivity contribution < 1.29 is 18.4 Å². The van der Waals surface area contributed by atoms with Gasteiger partial charge in [0.15, 0.2) is 0 Å². The summed E-state index contributed by atoms with van der Waals surface area (Å²) in [6, 6.07) is 14.2. The molecule has 2 amide bonds. The second kappa shape index (κ2) is 6.77. The molecular formula is C20H12F2N2O2S. The molecule has 2 heterocycles. The molecule has 1 aromatic heterocycles. The third kappa shape index (κ3) is 3.13. The Hall–Kier alpha value is -3.32. The van der Waals surface area contributed by atoms with Crippen LogP contribution < -0.4 is 10.2 Å². The lowest BCUT2D eigenvalue weighted by Crippen LogP contribution is -2.32. The van der Waals surface area contributed by atoms with E-state index in [2.05, 4.69) is 5.32 Å². The van der Waals surface area contributed by atoms with Gasteiger partial charge < -0.3 is 5.32 Å². The quantitative estimate of drug-likeness (QED) is 0.680. The summed E-state index contributed by atoms with van der Waals surface area (Å²) in [5.41, 5.74) is 0.860. The van der Waals surface area contributed by atoms with Crippen molar-refractivity contribution in [1.29, 1.82) is 0 Å². The molecule has 1 aliphatic rings. The van der Waals surface area contributed by atoms with E-state index in [0.717, 1.165) is 4.90 Å². The fraction of sp³-hybridized carbons (Fsp3) is 0. The van der Waals surface area contributed by atoms with Gasteiger partial charge in [-0.05, 0) is 53.9 Å². The lowest BCUT2D eigenvalue weighted by Gasteiger charge is -2.15. The summed E-state index contributed by atoms with van der Waals surface area (Å²) in [5, 5.41) is 4.66. The zero-order chi connectivity index (χ0) is 19.0. The summed E-state index contributed by atoms with van der Waals surface area (Å²) < 4.78 is 26.7. The Morgan fingerprint density at radius 3 is 2.30 bits per heavy atom. The van der Waals surface area contributed by atoms with Crippen molar-refractivity contribution in [2.24, 2.45) is 0 Å². The Labute approximate surface area is 157 Å². The number of imide groups is 1. The van der Waals surface area contributed by atoms with Gasteiger partial charge in [0, 0.05) is 10.6 Å². The van der Waals surface area contributed by atoms with Gasteiger partial charge in [-0.15, -0.1) is 11.3 Å². The van der Waals surface area contributed by atoms with Crippen LogP contribution >= 0.6 is 11.3 Å². The lowest BCUT2D eigenvalue weighted by atomic mass is 10.2. The fourth-order valence-corrected chi connectivity index (χ4v) is 3.60. The SMILES string of the molecule is O=C1C(Nc2cccc(F)c2)=C(c2cccs2)C(=O)N1c1ccc(F)cc1. The highest BCUT2D eigenvalue weighted by molar-refractivity contribution is 7.11. The number of halogens is 2. The summed E-state index contributed by atoms with van der Waals surface area (Å²) in [6.45, 7) is 0. The zero-order valence-electron chi connectivity index (χ0n) is 13.8. The molecular weight excluding hydrogens is 370 g/mol. The van der Waals surface area contributed by atoms with Crippen LogP contribution in [0, 0.1) is 11.6 Å². The lowest BCUT2D eigenvalue weighted by molar-refractivity contribution is -0.120. The number of nitrogens with zero attached hydrogens (tertiary/aromatic N) is 1. The van der Waals surface area contributed by atoms with Crippen molar-refractivity contribution in [2.75, 3.05) is 10.2 Å². The van der Waals surface area contributed by atoms with Crippen molar-refractivity contribution in [1.82, 2.24) is 0 Å². The zero-order valence-corrected chi connectivity index (χ0v) is 14.6. The third-order valence-electron chi connectivity index (χ3n) is 4.03. The molecule has 0 spiro atoms. The van der Waals surface area contributed by atoms with E-state index in [1.807, 2.05) is 0 Å². The van der Waals surface area contributed by atoms with Crippen LogP contribution in [0.15, 0.2) is 71.7 Å². The average molecular weight is 382 g/mol. The Bertz CT molecular complexity index is 1060. The molecule has 2 aromatic carbocycles. The fourth-order valence-electron chi connectivity index (χ4n) is 2.83. The molecule has 0 bridgehead atoms. The van der Waals surface area contributed by atoms with E-state index in [9.17, 15) is 18.4 Å². The minimum atomic E-state index is -0.584. The molecule has 0 fully saturated rings. The first-order valence-electron chi connectivity index (χ1n) is 7.99. The number of carbonyl (C=O) groups is 2. The van der Waals surface area contributed by atoms with Crippen LogP contribution in [0.3, 0.4) is 0 Å². The highest BCUT2D eigenvalue weighted by Gasteiger charge is 2.40. The summed E-state index contributed by atoms with van der Waals surface area (Å²) in [6.07, 6.45) is 0. The minimum absolute atomic E-state index is 0.0531. The molecule has 7 heteroatoms. The summed E-state index contributed by atoms with van der Waals surface area (Å²) in [4.78, 5) is 27.6. The standard InChI is InChI=1S/C20H12F2N2O2S/c21-12-6-8-15(9-7-12)24-19(25)17(16-5-2-10-27-16)18(20(24)26)23-14-4-1-3-13(22)11-14/h1-11,23H. The summed E-state index contributed by atoms with van der Waals surface area (Å²) in [7, 11) is 0. The van der Waals surface area contributed by atoms with Crippen molar-refractivity contribution in [3.05, 3.63) is 88.3 Å². The number of hydrogen-bond donors (Lipinski definition) is 1. The smallest absolute Gasteiger partial charge is 0.282 e. The van der Waals surface area contributed by atoms with Gasteiger partial charge in [-0.1, -0.05) is 12.1 Å². The first kappa shape index (κ1) is 17.1. The summed E-state index contributed by atoms with van der Waals surface area (Å²) in [5.74, 6) is -2.04. The van der Waals surface area contributed by atoms with Crippen LogP contribution in [0.2, 0.25) is 0 Å². The van der Waals surface area contributed by atoms with Gasteiger partial charge in [-0.25, -0.2) is 13.7 Å². The highest BCUT2D eigenvalue weighted by atomic mass is 32.1. The Balaban J connectivity index is 1.79. The number of rotatable bonds is 4. The topological polar surface area (TPSA) is 49.4 Å². The molecule has 1 N–H and O–H groups in total. The second-order valence-electron chi connectivity index (χ2n) is 5.78. The van der Waals surface area contributed by atoms with E-state index in [-0.39, 0.29) is 17.0 Å². The molecule has 27 heavy (non-hydrogen) atoms. The van der Waals surface area contributed by atoms with Gasteiger partial charge in [0.2, 0.25) is 0 Å². The molecule has 0 saturated carbocycles. The molecule has 1 aliphatic heterocycles. The maximum absolute atomic E-state index is 13.5. The maximum Gasteiger partial charge on any atom is 0.282 e. The van der Waals surface area contributed by atoms with Crippen LogP contribution in [0.25, 0.3) is 5.57 Å². The predicted octanol–water partition coefficient (Wildman–Crippen LogP) is 4.42. The first-order valence-corrected chi connectivity index (χ1v) is 8.87. The van der Waals surface area contributed by atoms with Gasteiger partial charge in [-0.2, -0.15) is 0 Å². The monoisotopic (exact) mass is 382 g/mol. The third-order valence-corrected chi connectivity index (χ3v) is 4.92. The molecule has 0 saturated heterocycles. The average Bonchev–Trinajstić information content (AvgIpc) is 3.24. The molecule has 0 radical (unpaired) electrons. The van der Waals surface area contributed by atoms with E-state index in [1.165, 1.54) is 53.8 Å². The molecule has 4 nitrogen and oxygen atoms in total. The molecule has 0 aliphatic carbocycles. The van der Waals surface area contributed by atoms with E-state index in [1.54, 1.807) is 23.6 Å². The summed E-state index contributed by atoms with van der Waals surface area (Å²) >= 11 is 1.31. The number of carbonyl (C=O) groups excluding carboxylic acids is 2. The number of thiophene rings is 1. The van der Waals surface area contributed by atoms with Crippen molar-refractivity contribution in [3.63, 3.8) is 0 Å². The molecule has 134 valence electrons. The van der Waals surface area contributed by atoms with Crippen LogP contribution in [-0.4, -0.2) is 11.8 Å². The highest BCUT2D eigenvalue weighted by Crippen LogP contribution is 2.35. The van der Waals surface area contributed by atoms with Crippen LogP contribution in [0.5, 0.6) is 0 Å². The van der Waals surface area contributed by atoms with Gasteiger partial charge in [0.1, 0.15) is 17.3 Å². The maximum atomic E-state index is 13.5.